The van der Waals surface area contributed by atoms with Gasteiger partial charge in [-0.15, -0.1) is 0 Å². The van der Waals surface area contributed by atoms with Crippen LogP contribution in [0.25, 0.3) is 0 Å². The number of nitrogens with one attached hydrogen (secondary N) is 1. The summed E-state index contributed by atoms with van der Waals surface area (Å²) in [5.74, 6) is 2.80. The highest BCUT2D eigenvalue weighted by molar-refractivity contribution is 5.80. The van der Waals surface area contributed by atoms with Crippen LogP contribution in [0.5, 0.6) is 0 Å². The molecule has 0 spiro atoms. The summed E-state index contributed by atoms with van der Waals surface area (Å²) in [4.78, 5) is 7.28. The first-order valence-corrected chi connectivity index (χ1v) is 8.75. The van der Waals surface area contributed by atoms with Gasteiger partial charge in [-0.1, -0.05) is 12.8 Å². The molecule has 0 aromatic carbocycles. The summed E-state index contributed by atoms with van der Waals surface area (Å²) in [7, 11) is 1.99. The average molecular weight is 303 g/mol. The maximum Gasteiger partial charge on any atom is 0.193 e. The molecule has 3 rings (SSSR count). The van der Waals surface area contributed by atoms with Gasteiger partial charge < -0.3 is 10.2 Å². The Hall–Kier alpha value is -1.52. The lowest BCUT2D eigenvalue weighted by Crippen LogP contribution is -2.40. The molecule has 5 heteroatoms. The predicted octanol–water partition coefficient (Wildman–Crippen LogP) is 2.05. The lowest BCUT2D eigenvalue weighted by Gasteiger charge is -2.21. The van der Waals surface area contributed by atoms with Crippen LogP contribution >= 0.6 is 0 Å². The second kappa shape index (κ2) is 7.16. The first-order valence-electron chi connectivity index (χ1n) is 8.75. The molecular formula is C17H29N5. The molecule has 2 heterocycles. The number of aromatic nitrogens is 2. The number of rotatable bonds is 6. The third-order valence-corrected chi connectivity index (χ3v) is 4.70. The van der Waals surface area contributed by atoms with Gasteiger partial charge in [0.25, 0.3) is 0 Å². The highest BCUT2D eigenvalue weighted by Gasteiger charge is 2.26. The molecule has 0 bridgehead atoms. The lowest BCUT2D eigenvalue weighted by atomic mass is 10.0. The second-order valence-corrected chi connectivity index (χ2v) is 6.79. The van der Waals surface area contributed by atoms with Gasteiger partial charge in [0.1, 0.15) is 0 Å². The van der Waals surface area contributed by atoms with Crippen LogP contribution in [-0.4, -0.2) is 46.8 Å². The molecule has 2 fully saturated rings. The van der Waals surface area contributed by atoms with Crippen molar-refractivity contribution in [3.8, 4) is 0 Å². The van der Waals surface area contributed by atoms with Crippen LogP contribution in [0.1, 0.15) is 38.2 Å². The van der Waals surface area contributed by atoms with Crippen molar-refractivity contribution < 1.29 is 0 Å². The van der Waals surface area contributed by atoms with Gasteiger partial charge in [0.15, 0.2) is 5.96 Å². The molecule has 1 unspecified atom stereocenters. The number of nitrogens with zero attached hydrogens (tertiary/aromatic N) is 4. The van der Waals surface area contributed by atoms with E-state index < -0.39 is 0 Å². The Labute approximate surface area is 133 Å². The van der Waals surface area contributed by atoms with Crippen molar-refractivity contribution in [2.45, 2.75) is 39.0 Å². The predicted molar refractivity (Wildman–Crippen MR) is 89.9 cm³/mol. The number of likely N-dealkylation sites (tertiary alicyclic amines) is 1. The van der Waals surface area contributed by atoms with Crippen molar-refractivity contribution in [2.24, 2.45) is 23.9 Å². The van der Waals surface area contributed by atoms with Gasteiger partial charge in [0, 0.05) is 39.4 Å². The Morgan fingerprint density at radius 3 is 2.91 bits per heavy atom. The van der Waals surface area contributed by atoms with Crippen LogP contribution < -0.4 is 5.32 Å². The maximum absolute atomic E-state index is 4.84. The molecule has 1 aliphatic carbocycles. The molecule has 1 saturated heterocycles. The van der Waals surface area contributed by atoms with Crippen molar-refractivity contribution in [2.75, 3.05) is 26.2 Å². The maximum atomic E-state index is 4.84. The Kier molecular flexibility index (Phi) is 5.01. The summed E-state index contributed by atoms with van der Waals surface area (Å²) >= 11 is 0. The summed E-state index contributed by atoms with van der Waals surface area (Å²) in [5, 5.41) is 7.74. The zero-order valence-electron chi connectivity index (χ0n) is 14.0. The smallest absolute Gasteiger partial charge is 0.193 e. The van der Waals surface area contributed by atoms with E-state index in [1.807, 2.05) is 17.9 Å². The summed E-state index contributed by atoms with van der Waals surface area (Å²) in [6.07, 6.45) is 10.6. The van der Waals surface area contributed by atoms with E-state index in [4.69, 9.17) is 4.99 Å². The molecule has 2 aliphatic rings. The van der Waals surface area contributed by atoms with E-state index in [0.29, 0.717) is 0 Å². The molecule has 1 aromatic heterocycles. The third-order valence-electron chi connectivity index (χ3n) is 4.70. The van der Waals surface area contributed by atoms with Gasteiger partial charge in [0.2, 0.25) is 0 Å². The minimum Gasteiger partial charge on any atom is -0.357 e. The van der Waals surface area contributed by atoms with Crippen LogP contribution in [0.2, 0.25) is 0 Å². The highest BCUT2D eigenvalue weighted by Crippen LogP contribution is 2.32. The molecule has 1 saturated carbocycles. The molecule has 0 amide bonds. The molecular weight excluding hydrogens is 274 g/mol. The average Bonchev–Trinajstić information content (AvgIpc) is 3.05. The molecule has 122 valence electrons. The first kappa shape index (κ1) is 15.4. The summed E-state index contributed by atoms with van der Waals surface area (Å²) in [5.41, 5.74) is 1.35. The van der Waals surface area contributed by atoms with Crippen molar-refractivity contribution in [3.63, 3.8) is 0 Å². The molecule has 1 aromatic rings. The van der Waals surface area contributed by atoms with Crippen LogP contribution in [0, 0.1) is 11.8 Å². The van der Waals surface area contributed by atoms with E-state index >= 15 is 0 Å². The Bertz CT molecular complexity index is 503. The summed E-state index contributed by atoms with van der Waals surface area (Å²) in [6.45, 7) is 6.33. The summed E-state index contributed by atoms with van der Waals surface area (Å²) in [6, 6.07) is 0. The lowest BCUT2D eigenvalue weighted by molar-refractivity contribution is 0.459. The fourth-order valence-electron chi connectivity index (χ4n) is 3.29. The zero-order valence-corrected chi connectivity index (χ0v) is 14.0. The molecule has 1 aliphatic heterocycles. The van der Waals surface area contributed by atoms with Crippen molar-refractivity contribution in [1.29, 1.82) is 0 Å². The van der Waals surface area contributed by atoms with E-state index in [1.54, 1.807) is 0 Å². The minimum atomic E-state index is 0.719. The van der Waals surface area contributed by atoms with E-state index in [0.717, 1.165) is 50.4 Å². The fraction of sp³-hybridized carbons (Fsp3) is 0.765. The quantitative estimate of drug-likeness (QED) is 0.646. The number of hydrogen-bond donors (Lipinski definition) is 1. The van der Waals surface area contributed by atoms with E-state index in [2.05, 4.69) is 28.4 Å². The Morgan fingerprint density at radius 2 is 2.23 bits per heavy atom. The van der Waals surface area contributed by atoms with Crippen LogP contribution in [0.3, 0.4) is 0 Å². The van der Waals surface area contributed by atoms with Gasteiger partial charge in [-0.2, -0.15) is 5.10 Å². The number of guanidine groups is 1. The first-order chi connectivity index (χ1) is 10.7. The van der Waals surface area contributed by atoms with Crippen molar-refractivity contribution in [3.05, 3.63) is 18.0 Å². The van der Waals surface area contributed by atoms with Gasteiger partial charge in [0.05, 0.1) is 6.20 Å². The topological polar surface area (TPSA) is 45.5 Å². The second-order valence-electron chi connectivity index (χ2n) is 6.79. The van der Waals surface area contributed by atoms with E-state index in [9.17, 15) is 0 Å². The standard InChI is InChI=1S/C17H29N5/c1-3-18-17(19-8-6-14-4-5-14)22-9-7-15(13-22)10-16-11-20-21(2)12-16/h11-12,14-15H,3-10,13H2,1-2H3,(H,18,19). The molecule has 0 radical (unpaired) electrons. The molecule has 1 atom stereocenters. The number of aryl methyl sites for hydroxylation is 1. The van der Waals surface area contributed by atoms with E-state index in [1.165, 1.54) is 31.2 Å². The molecule has 5 nitrogen and oxygen atoms in total. The SMILES string of the molecule is CCNC(=NCCC1CC1)N1CCC(Cc2cnn(C)c2)C1. The Morgan fingerprint density at radius 1 is 1.36 bits per heavy atom. The van der Waals surface area contributed by atoms with Gasteiger partial charge in [-0.3, -0.25) is 9.67 Å². The van der Waals surface area contributed by atoms with E-state index in [-0.39, 0.29) is 0 Å². The fourth-order valence-corrected chi connectivity index (χ4v) is 3.29. The largest absolute Gasteiger partial charge is 0.357 e. The number of hydrogen-bond acceptors (Lipinski definition) is 2. The van der Waals surface area contributed by atoms with Gasteiger partial charge in [-0.05, 0) is 43.6 Å². The number of aliphatic imine (C=N–C) groups is 1. The van der Waals surface area contributed by atoms with Crippen molar-refractivity contribution >= 4 is 5.96 Å². The van der Waals surface area contributed by atoms with Gasteiger partial charge in [-0.25, -0.2) is 0 Å². The van der Waals surface area contributed by atoms with Crippen LogP contribution in [0.15, 0.2) is 17.4 Å². The summed E-state index contributed by atoms with van der Waals surface area (Å²) < 4.78 is 1.89. The normalized spacial score (nSPS) is 22.4. The monoisotopic (exact) mass is 303 g/mol. The third kappa shape index (κ3) is 4.24. The van der Waals surface area contributed by atoms with Gasteiger partial charge >= 0.3 is 0 Å². The molecule has 22 heavy (non-hydrogen) atoms. The zero-order chi connectivity index (χ0) is 15.4. The molecule has 1 N–H and O–H groups in total. The Balaban J connectivity index is 1.51. The minimum absolute atomic E-state index is 0.719. The van der Waals surface area contributed by atoms with Crippen LogP contribution in [0.4, 0.5) is 0 Å². The van der Waals surface area contributed by atoms with Crippen LogP contribution in [-0.2, 0) is 13.5 Å². The highest BCUT2D eigenvalue weighted by atomic mass is 15.3. The van der Waals surface area contributed by atoms with Crippen molar-refractivity contribution in [1.82, 2.24) is 20.0 Å².